The van der Waals surface area contributed by atoms with E-state index in [4.69, 9.17) is 4.74 Å². The Morgan fingerprint density at radius 3 is 2.13 bits per heavy atom. The van der Waals surface area contributed by atoms with Crippen molar-refractivity contribution in [2.75, 3.05) is 6.54 Å². The molecule has 10 heteroatoms. The zero-order chi connectivity index (χ0) is 27.2. The molecule has 2 unspecified atom stereocenters. The highest BCUT2D eigenvalue weighted by Gasteiger charge is 2.44. The molecule has 2 bridgehead atoms. The smallest absolute Gasteiger partial charge is 0.420 e. The molecule has 1 aliphatic carbocycles. The number of piperidine rings is 1. The van der Waals surface area contributed by atoms with Gasteiger partial charge < -0.3 is 9.84 Å². The third-order valence-corrected chi connectivity index (χ3v) is 8.65. The minimum atomic E-state index is -4.70. The van der Waals surface area contributed by atoms with Crippen LogP contribution in [-0.4, -0.2) is 46.9 Å². The molecule has 5 rings (SSSR count). The van der Waals surface area contributed by atoms with Crippen LogP contribution in [-0.2, 0) is 17.4 Å². The van der Waals surface area contributed by atoms with Gasteiger partial charge in [-0.2, -0.15) is 26.3 Å². The van der Waals surface area contributed by atoms with Crippen LogP contribution in [0, 0.1) is 11.8 Å². The zero-order valence-corrected chi connectivity index (χ0v) is 20.8. The van der Waals surface area contributed by atoms with Crippen molar-refractivity contribution in [3.05, 3.63) is 41.5 Å². The fraction of sp³-hybridized carbons (Fsp3) is 0.607. The van der Waals surface area contributed by atoms with E-state index in [0.717, 1.165) is 18.4 Å². The number of alkyl halides is 6. The van der Waals surface area contributed by atoms with Gasteiger partial charge in [-0.25, -0.2) is 0 Å². The van der Waals surface area contributed by atoms with Gasteiger partial charge in [-0.3, -0.25) is 9.69 Å². The third-order valence-electron chi connectivity index (χ3n) is 8.65. The summed E-state index contributed by atoms with van der Waals surface area (Å²) in [6, 6.07) is 8.21. The standard InChI is InChI=1S/C28H31F6NO3/c29-27(30,31)19-4-8-22(9-5-19)38-24-10-3-17-2-1-16(13-23(17)25(24)28(32,33)34)11-12-35-20-6-7-21(35)15-18(14-20)26(36)37/h1-3,10,13,18-22H,4-9,11-12,14-15H2,(H,36,37). The summed E-state index contributed by atoms with van der Waals surface area (Å²) < 4.78 is 87.5. The van der Waals surface area contributed by atoms with Crippen LogP contribution in [0.1, 0.15) is 62.5 Å². The number of hydrogen-bond acceptors (Lipinski definition) is 3. The maximum atomic E-state index is 14.3. The van der Waals surface area contributed by atoms with Crippen LogP contribution in [0.25, 0.3) is 10.8 Å². The van der Waals surface area contributed by atoms with Gasteiger partial charge in [0.1, 0.15) is 11.3 Å². The van der Waals surface area contributed by atoms with Crippen LogP contribution >= 0.6 is 0 Å². The molecule has 2 aromatic rings. The van der Waals surface area contributed by atoms with Crippen molar-refractivity contribution in [1.29, 1.82) is 0 Å². The molecule has 3 aliphatic rings. The van der Waals surface area contributed by atoms with E-state index in [1.807, 2.05) is 6.07 Å². The highest BCUT2D eigenvalue weighted by molar-refractivity contribution is 5.89. The highest BCUT2D eigenvalue weighted by Crippen LogP contribution is 2.44. The normalized spacial score (nSPS) is 28.5. The van der Waals surface area contributed by atoms with Gasteiger partial charge in [0.15, 0.2) is 0 Å². The monoisotopic (exact) mass is 543 g/mol. The van der Waals surface area contributed by atoms with Crippen molar-refractivity contribution >= 4 is 16.7 Å². The second kappa shape index (κ2) is 10.2. The number of hydrogen-bond donors (Lipinski definition) is 1. The van der Waals surface area contributed by atoms with Gasteiger partial charge in [-0.1, -0.05) is 24.3 Å². The van der Waals surface area contributed by atoms with Crippen LogP contribution in [0.15, 0.2) is 30.3 Å². The van der Waals surface area contributed by atoms with Gasteiger partial charge in [-0.15, -0.1) is 0 Å². The molecule has 4 nitrogen and oxygen atoms in total. The first-order chi connectivity index (χ1) is 17.9. The van der Waals surface area contributed by atoms with Crippen molar-refractivity contribution in [1.82, 2.24) is 4.90 Å². The molecule has 0 amide bonds. The fourth-order valence-corrected chi connectivity index (χ4v) is 6.68. The number of rotatable bonds is 6. The van der Waals surface area contributed by atoms with Crippen molar-refractivity contribution in [2.24, 2.45) is 11.8 Å². The van der Waals surface area contributed by atoms with E-state index in [1.54, 1.807) is 12.1 Å². The zero-order valence-electron chi connectivity index (χ0n) is 20.8. The number of fused-ring (bicyclic) bond motifs is 3. The third kappa shape index (κ3) is 5.60. The molecular formula is C28H31F6NO3. The molecule has 1 N–H and O–H groups in total. The molecule has 1 saturated carbocycles. The van der Waals surface area contributed by atoms with Gasteiger partial charge >= 0.3 is 18.3 Å². The first kappa shape index (κ1) is 27.1. The number of halogens is 6. The average molecular weight is 544 g/mol. The summed E-state index contributed by atoms with van der Waals surface area (Å²) in [5.74, 6) is -2.87. The Morgan fingerprint density at radius 1 is 0.921 bits per heavy atom. The number of ether oxygens (including phenoxy) is 1. The van der Waals surface area contributed by atoms with E-state index in [1.165, 1.54) is 12.1 Å². The maximum absolute atomic E-state index is 14.3. The molecule has 208 valence electrons. The minimum Gasteiger partial charge on any atom is -0.490 e. The van der Waals surface area contributed by atoms with Gasteiger partial charge in [0, 0.05) is 18.6 Å². The fourth-order valence-electron chi connectivity index (χ4n) is 6.68. The van der Waals surface area contributed by atoms with E-state index in [-0.39, 0.29) is 54.8 Å². The summed E-state index contributed by atoms with van der Waals surface area (Å²) in [6.45, 7) is 0.646. The van der Waals surface area contributed by atoms with E-state index >= 15 is 0 Å². The number of nitrogens with zero attached hydrogens (tertiary/aromatic N) is 1. The Labute approximate surface area is 216 Å². The molecule has 2 aliphatic heterocycles. The molecule has 0 radical (unpaired) electrons. The summed E-state index contributed by atoms with van der Waals surface area (Å²) in [5, 5.41) is 9.82. The lowest BCUT2D eigenvalue weighted by atomic mass is 9.87. The molecular weight excluding hydrogens is 512 g/mol. The topological polar surface area (TPSA) is 49.8 Å². The first-order valence-electron chi connectivity index (χ1n) is 13.2. The van der Waals surface area contributed by atoms with Crippen LogP contribution in [0.4, 0.5) is 26.3 Å². The van der Waals surface area contributed by atoms with Crippen LogP contribution in [0.3, 0.4) is 0 Å². The average Bonchev–Trinajstić information content (AvgIpc) is 3.07. The molecule has 2 saturated heterocycles. The highest BCUT2D eigenvalue weighted by atomic mass is 19.4. The molecule has 0 spiro atoms. The Balaban J connectivity index is 1.33. The number of benzene rings is 2. The number of carbonyl (C=O) groups is 1. The van der Waals surface area contributed by atoms with Gasteiger partial charge in [0.25, 0.3) is 0 Å². The second-order valence-electron chi connectivity index (χ2n) is 11.0. The molecule has 2 aromatic carbocycles. The number of carboxylic acid groups (broad SMARTS) is 1. The summed E-state index contributed by atoms with van der Waals surface area (Å²) in [6.07, 6.45) is -6.27. The predicted molar refractivity (Wildman–Crippen MR) is 129 cm³/mol. The largest absolute Gasteiger partial charge is 0.490 e. The number of carboxylic acids is 1. The van der Waals surface area contributed by atoms with Crippen molar-refractivity contribution in [3.63, 3.8) is 0 Å². The SMILES string of the molecule is O=C(O)C1CC2CCC(C1)N2CCc1ccc2ccc(OC3CCC(C(F)(F)F)CC3)c(C(F)(F)F)c2c1. The quantitative estimate of drug-likeness (QED) is 0.391. The summed E-state index contributed by atoms with van der Waals surface area (Å²) in [7, 11) is 0. The van der Waals surface area contributed by atoms with Crippen molar-refractivity contribution in [3.8, 4) is 5.75 Å². The van der Waals surface area contributed by atoms with Crippen LogP contribution in [0.5, 0.6) is 5.75 Å². The van der Waals surface area contributed by atoms with Crippen molar-refractivity contribution < 1.29 is 41.0 Å². The Kier molecular flexibility index (Phi) is 7.30. The van der Waals surface area contributed by atoms with E-state index < -0.39 is 35.9 Å². The van der Waals surface area contributed by atoms with Gasteiger partial charge in [0.2, 0.25) is 0 Å². The van der Waals surface area contributed by atoms with Crippen LogP contribution in [0.2, 0.25) is 0 Å². The molecule has 3 fully saturated rings. The second-order valence-corrected chi connectivity index (χ2v) is 11.0. The lowest BCUT2D eigenvalue weighted by Gasteiger charge is -2.37. The predicted octanol–water partition coefficient (Wildman–Crippen LogP) is 7.23. The summed E-state index contributed by atoms with van der Waals surface area (Å²) in [5.41, 5.74) is -0.150. The minimum absolute atomic E-state index is 0.0176. The molecule has 2 atom stereocenters. The molecule has 0 aromatic heterocycles. The maximum Gasteiger partial charge on any atom is 0.420 e. The van der Waals surface area contributed by atoms with Gasteiger partial charge in [0.05, 0.1) is 17.9 Å². The van der Waals surface area contributed by atoms with E-state index in [2.05, 4.69) is 4.90 Å². The van der Waals surface area contributed by atoms with E-state index in [9.17, 15) is 36.2 Å². The van der Waals surface area contributed by atoms with Gasteiger partial charge in [-0.05, 0) is 80.2 Å². The molecule has 2 heterocycles. The summed E-state index contributed by atoms with van der Waals surface area (Å²) >= 11 is 0. The molecule has 38 heavy (non-hydrogen) atoms. The van der Waals surface area contributed by atoms with Crippen LogP contribution < -0.4 is 4.74 Å². The Bertz CT molecular complexity index is 1160. The number of aliphatic carboxylic acids is 1. The van der Waals surface area contributed by atoms with Crippen molar-refractivity contribution in [2.45, 2.75) is 88.3 Å². The lowest BCUT2D eigenvalue weighted by Crippen LogP contribution is -2.45. The van der Waals surface area contributed by atoms with E-state index in [0.29, 0.717) is 31.2 Å². The first-order valence-corrected chi connectivity index (χ1v) is 13.2. The summed E-state index contributed by atoms with van der Waals surface area (Å²) in [4.78, 5) is 13.7. The Hall–Kier alpha value is -2.49. The lowest BCUT2D eigenvalue weighted by molar-refractivity contribution is -0.185. The Morgan fingerprint density at radius 2 is 1.55 bits per heavy atom.